The van der Waals surface area contributed by atoms with Crippen LogP contribution in [0.4, 0.5) is 8.78 Å². The molecule has 10 heteroatoms. The number of hydrogen-bond acceptors (Lipinski definition) is 5. The quantitative estimate of drug-likeness (QED) is 0.396. The smallest absolute Gasteiger partial charge is 0.380 e. The lowest BCUT2D eigenvalue weighted by Crippen LogP contribution is -2.58. The van der Waals surface area contributed by atoms with Crippen molar-refractivity contribution in [2.75, 3.05) is 26.2 Å². The van der Waals surface area contributed by atoms with Crippen molar-refractivity contribution in [3.63, 3.8) is 0 Å². The van der Waals surface area contributed by atoms with E-state index in [2.05, 4.69) is 15.3 Å². The molecule has 3 heterocycles. The summed E-state index contributed by atoms with van der Waals surface area (Å²) in [6.07, 6.45) is 3.59. The molecule has 1 fully saturated rings. The molecule has 0 bridgehead atoms. The number of nitrogens with zero attached hydrogens (tertiary/aromatic N) is 3. The molecular weight excluding hydrogens is 478 g/mol. The van der Waals surface area contributed by atoms with Gasteiger partial charge in [0, 0.05) is 29.4 Å². The van der Waals surface area contributed by atoms with Crippen LogP contribution in [0.2, 0.25) is 5.02 Å². The highest BCUT2D eigenvalue weighted by Gasteiger charge is 2.49. The van der Waals surface area contributed by atoms with Gasteiger partial charge in [-0.1, -0.05) is 17.7 Å². The standard InChI is InChI=1S/C25H25ClF2N4O3/c1-31-20-6-4-18(10-17(20)13-29-31)24(15-33,14-32-8-2-3-9-32)30-23(34)25(27,28)22-12-16-11-19(26)5-7-21(16)35-22/h4-7,10-13,33H,2-3,8-9,14-15H2,1H3,(H,30,34)/t24-/m1/s1. The van der Waals surface area contributed by atoms with Gasteiger partial charge in [-0.05, 0) is 67.9 Å². The van der Waals surface area contributed by atoms with Crippen LogP contribution in [0.15, 0.2) is 53.1 Å². The van der Waals surface area contributed by atoms with Crippen molar-refractivity contribution in [1.82, 2.24) is 20.0 Å². The number of hydrogen-bond donors (Lipinski definition) is 2. The molecule has 4 aromatic rings. The van der Waals surface area contributed by atoms with Crippen molar-refractivity contribution in [3.05, 3.63) is 65.0 Å². The molecule has 0 aliphatic carbocycles. The summed E-state index contributed by atoms with van der Waals surface area (Å²) in [5, 5.41) is 18.8. The highest BCUT2D eigenvalue weighted by molar-refractivity contribution is 6.31. The van der Waals surface area contributed by atoms with Crippen LogP contribution in [0.25, 0.3) is 21.9 Å². The summed E-state index contributed by atoms with van der Waals surface area (Å²) in [7, 11) is 1.80. The van der Waals surface area contributed by atoms with Gasteiger partial charge in [0.15, 0.2) is 5.76 Å². The Balaban J connectivity index is 1.52. The lowest BCUT2D eigenvalue weighted by molar-refractivity contribution is -0.152. The molecule has 1 amide bonds. The van der Waals surface area contributed by atoms with Crippen LogP contribution in [-0.2, 0) is 23.3 Å². The van der Waals surface area contributed by atoms with Gasteiger partial charge in [0.2, 0.25) is 0 Å². The third-order valence-corrected chi connectivity index (χ3v) is 6.92. The number of likely N-dealkylation sites (tertiary alicyclic amines) is 1. The second-order valence-electron chi connectivity index (χ2n) is 9.09. The van der Waals surface area contributed by atoms with Gasteiger partial charge in [0.1, 0.15) is 11.1 Å². The van der Waals surface area contributed by atoms with E-state index >= 15 is 8.78 Å². The number of aliphatic hydroxyl groups excluding tert-OH is 1. The molecule has 1 aliphatic heterocycles. The van der Waals surface area contributed by atoms with Crippen molar-refractivity contribution in [2.24, 2.45) is 7.05 Å². The summed E-state index contributed by atoms with van der Waals surface area (Å²) in [5.74, 6) is -6.32. The van der Waals surface area contributed by atoms with Crippen LogP contribution in [0.3, 0.4) is 0 Å². The molecular formula is C25H25ClF2N4O3. The molecule has 1 saturated heterocycles. The molecule has 1 aliphatic rings. The molecule has 1 atom stereocenters. The van der Waals surface area contributed by atoms with Crippen molar-refractivity contribution >= 4 is 39.4 Å². The Morgan fingerprint density at radius 2 is 1.94 bits per heavy atom. The Hall–Kier alpha value is -3.01. The Kier molecular flexibility index (Phi) is 6.03. The molecule has 184 valence electrons. The fourth-order valence-corrected chi connectivity index (χ4v) is 4.92. The Morgan fingerprint density at radius 1 is 1.17 bits per heavy atom. The predicted octanol–water partition coefficient (Wildman–Crippen LogP) is 4.16. The number of aliphatic hydroxyl groups is 1. The van der Waals surface area contributed by atoms with E-state index in [0.717, 1.165) is 42.9 Å². The molecule has 0 unspecified atom stereocenters. The monoisotopic (exact) mass is 502 g/mol. The highest BCUT2D eigenvalue weighted by Crippen LogP contribution is 2.36. The summed E-state index contributed by atoms with van der Waals surface area (Å²) < 4.78 is 37.8. The number of aromatic nitrogens is 2. The van der Waals surface area contributed by atoms with Gasteiger partial charge >= 0.3 is 5.92 Å². The van der Waals surface area contributed by atoms with E-state index in [1.165, 1.54) is 18.2 Å². The van der Waals surface area contributed by atoms with E-state index in [9.17, 15) is 9.90 Å². The van der Waals surface area contributed by atoms with Gasteiger partial charge in [-0.15, -0.1) is 0 Å². The van der Waals surface area contributed by atoms with Crippen molar-refractivity contribution < 1.29 is 23.1 Å². The predicted molar refractivity (Wildman–Crippen MR) is 128 cm³/mol. The van der Waals surface area contributed by atoms with E-state index < -0.39 is 29.7 Å². The molecule has 2 aromatic carbocycles. The Labute approximate surface area is 205 Å². The van der Waals surface area contributed by atoms with E-state index in [1.807, 2.05) is 0 Å². The van der Waals surface area contributed by atoms with Crippen LogP contribution >= 0.6 is 11.6 Å². The summed E-state index contributed by atoms with van der Waals surface area (Å²) in [5.41, 5.74) is 0.112. The summed E-state index contributed by atoms with van der Waals surface area (Å²) in [4.78, 5) is 15.2. The molecule has 5 rings (SSSR count). The molecule has 0 radical (unpaired) electrons. The average Bonchev–Trinajstić information content (AvgIpc) is 3.58. The number of alkyl halides is 2. The zero-order valence-electron chi connectivity index (χ0n) is 19.1. The number of halogens is 3. The van der Waals surface area contributed by atoms with Gasteiger partial charge in [-0.2, -0.15) is 13.9 Å². The zero-order chi connectivity index (χ0) is 24.8. The Morgan fingerprint density at radius 3 is 2.69 bits per heavy atom. The fourth-order valence-electron chi connectivity index (χ4n) is 4.74. The Bertz CT molecular complexity index is 1400. The third-order valence-electron chi connectivity index (χ3n) is 6.69. The molecule has 0 saturated carbocycles. The maximum absolute atomic E-state index is 15.4. The fraction of sp³-hybridized carbons (Fsp3) is 0.360. The van der Waals surface area contributed by atoms with E-state index in [0.29, 0.717) is 16.0 Å². The van der Waals surface area contributed by atoms with Crippen LogP contribution in [0.5, 0.6) is 0 Å². The second-order valence-corrected chi connectivity index (χ2v) is 9.52. The van der Waals surface area contributed by atoms with Crippen LogP contribution < -0.4 is 5.32 Å². The van der Waals surface area contributed by atoms with Gasteiger partial charge in [0.25, 0.3) is 5.91 Å². The first-order chi connectivity index (χ1) is 16.7. The number of aryl methyl sites for hydroxylation is 1. The molecule has 2 N–H and O–H groups in total. The topological polar surface area (TPSA) is 83.5 Å². The molecule has 35 heavy (non-hydrogen) atoms. The number of fused-ring (bicyclic) bond motifs is 2. The average molecular weight is 503 g/mol. The minimum Gasteiger partial charge on any atom is -0.454 e. The van der Waals surface area contributed by atoms with Gasteiger partial charge < -0.3 is 19.7 Å². The van der Waals surface area contributed by atoms with Gasteiger partial charge in [-0.3, -0.25) is 9.48 Å². The normalized spacial score (nSPS) is 16.7. The first-order valence-electron chi connectivity index (χ1n) is 11.4. The summed E-state index contributed by atoms with van der Waals surface area (Å²) in [6.45, 7) is 1.14. The van der Waals surface area contributed by atoms with E-state index in [4.69, 9.17) is 16.0 Å². The number of carbonyl (C=O) groups is 1. The van der Waals surface area contributed by atoms with Gasteiger partial charge in [0.05, 0.1) is 18.3 Å². The molecule has 7 nitrogen and oxygen atoms in total. The van der Waals surface area contributed by atoms with Crippen LogP contribution in [0.1, 0.15) is 24.2 Å². The lowest BCUT2D eigenvalue weighted by Gasteiger charge is -2.37. The largest absolute Gasteiger partial charge is 0.454 e. The van der Waals surface area contributed by atoms with E-state index in [-0.39, 0.29) is 12.1 Å². The third kappa shape index (κ3) is 4.28. The lowest BCUT2D eigenvalue weighted by atomic mass is 9.88. The van der Waals surface area contributed by atoms with Crippen LogP contribution in [-0.4, -0.2) is 51.9 Å². The summed E-state index contributed by atoms with van der Waals surface area (Å²) >= 11 is 5.96. The minimum atomic E-state index is -3.98. The maximum Gasteiger partial charge on any atom is 0.380 e. The summed E-state index contributed by atoms with van der Waals surface area (Å²) in [6, 6.07) is 10.9. The number of nitrogens with one attached hydrogen (secondary N) is 1. The number of rotatable bonds is 7. The molecule has 0 spiro atoms. The number of furan rings is 1. The van der Waals surface area contributed by atoms with Crippen molar-refractivity contribution in [3.8, 4) is 0 Å². The second kappa shape index (κ2) is 8.89. The van der Waals surface area contributed by atoms with E-state index in [1.54, 1.807) is 36.1 Å². The zero-order valence-corrected chi connectivity index (χ0v) is 19.9. The van der Waals surface area contributed by atoms with Crippen molar-refractivity contribution in [1.29, 1.82) is 0 Å². The molecule has 2 aromatic heterocycles. The number of benzene rings is 2. The minimum absolute atomic E-state index is 0.187. The van der Waals surface area contributed by atoms with Gasteiger partial charge in [-0.25, -0.2) is 0 Å². The first kappa shape index (κ1) is 23.7. The number of carbonyl (C=O) groups excluding carboxylic acids is 1. The maximum atomic E-state index is 15.4. The van der Waals surface area contributed by atoms with Crippen molar-refractivity contribution in [2.45, 2.75) is 24.3 Å². The van der Waals surface area contributed by atoms with Crippen LogP contribution in [0, 0.1) is 0 Å². The highest BCUT2D eigenvalue weighted by atomic mass is 35.5. The number of amides is 1. The first-order valence-corrected chi connectivity index (χ1v) is 11.8. The SMILES string of the molecule is Cn1ncc2cc([C@](CO)(CN3CCCC3)NC(=O)C(F)(F)c3cc4cc(Cl)ccc4o3)ccc21.